The number of methoxy groups -OCH3 is 1. The van der Waals surface area contributed by atoms with Gasteiger partial charge in [0.15, 0.2) is 0 Å². The van der Waals surface area contributed by atoms with E-state index >= 15 is 0 Å². The minimum atomic E-state index is -0.600. The molecule has 0 saturated carbocycles. The lowest BCUT2D eigenvalue weighted by molar-refractivity contribution is 0.0826. The van der Waals surface area contributed by atoms with Gasteiger partial charge >= 0.3 is 0 Å². The number of unbranched alkanes of at least 4 members (excludes halogenated alkanes) is 2. The Hall–Kier alpha value is -0.240. The number of ether oxygens (including phenoxy) is 1. The van der Waals surface area contributed by atoms with Crippen LogP contribution in [0.1, 0.15) is 38.5 Å². The molecule has 4 N–H and O–H groups in total. The minimum Gasteiger partial charge on any atom is -0.394 e. The second-order valence-electron chi connectivity index (χ2n) is 5.50. The van der Waals surface area contributed by atoms with Crippen molar-refractivity contribution in [1.29, 1.82) is 0 Å². The zero-order valence-electron chi connectivity index (χ0n) is 13.3. The molecule has 21 heavy (non-hydrogen) atoms. The molecule has 0 heterocycles. The van der Waals surface area contributed by atoms with E-state index in [9.17, 15) is 10.2 Å². The zero-order chi connectivity index (χ0) is 15.9. The van der Waals surface area contributed by atoms with E-state index in [1.165, 1.54) is 0 Å². The highest BCUT2D eigenvalue weighted by Crippen LogP contribution is 2.06. The number of aliphatic hydroxyl groups is 4. The Balaban J connectivity index is 3.75. The van der Waals surface area contributed by atoms with Crippen molar-refractivity contribution < 1.29 is 25.2 Å². The maximum absolute atomic E-state index is 9.29. The van der Waals surface area contributed by atoms with Crippen LogP contribution in [0.3, 0.4) is 0 Å². The first-order valence-corrected chi connectivity index (χ1v) is 7.93. The summed E-state index contributed by atoms with van der Waals surface area (Å²) in [5, 5.41) is 36.1. The molecule has 0 radical (unpaired) electrons. The fourth-order valence-electron chi connectivity index (χ4n) is 2.17. The number of hydrogen-bond acceptors (Lipinski definition) is 6. The molecule has 0 aromatic rings. The third-order valence-corrected chi connectivity index (χ3v) is 3.56. The van der Waals surface area contributed by atoms with Crippen LogP contribution in [0.25, 0.3) is 0 Å². The van der Waals surface area contributed by atoms with Crippen LogP contribution in [0.5, 0.6) is 0 Å². The SMILES string of the molecule is COCCN(CCCCC(O)CO)CCCCC(O)CO. The van der Waals surface area contributed by atoms with Crippen molar-refractivity contribution in [3.05, 3.63) is 0 Å². The van der Waals surface area contributed by atoms with Gasteiger partial charge in [0.2, 0.25) is 0 Å². The second kappa shape index (κ2) is 14.7. The molecule has 0 aliphatic carbocycles. The Bertz CT molecular complexity index is 200. The quantitative estimate of drug-likeness (QED) is 0.318. The Labute approximate surface area is 128 Å². The van der Waals surface area contributed by atoms with Crippen molar-refractivity contribution >= 4 is 0 Å². The predicted molar refractivity (Wildman–Crippen MR) is 82.2 cm³/mol. The first-order valence-electron chi connectivity index (χ1n) is 7.93. The van der Waals surface area contributed by atoms with Crippen LogP contribution < -0.4 is 0 Å². The highest BCUT2D eigenvalue weighted by Gasteiger charge is 2.07. The second-order valence-corrected chi connectivity index (χ2v) is 5.50. The average Bonchev–Trinajstić information content (AvgIpc) is 2.51. The van der Waals surface area contributed by atoms with E-state index in [1.807, 2.05) is 0 Å². The van der Waals surface area contributed by atoms with Gasteiger partial charge in [-0.3, -0.25) is 0 Å². The molecule has 0 aliphatic rings. The molecule has 128 valence electrons. The van der Waals surface area contributed by atoms with Gasteiger partial charge in [-0.2, -0.15) is 0 Å². The monoisotopic (exact) mass is 307 g/mol. The number of rotatable bonds is 15. The molecule has 0 aromatic carbocycles. The van der Waals surface area contributed by atoms with E-state index in [2.05, 4.69) is 4.90 Å². The number of aliphatic hydroxyl groups excluding tert-OH is 4. The summed E-state index contributed by atoms with van der Waals surface area (Å²) in [6.07, 6.45) is 3.84. The Kier molecular flexibility index (Phi) is 14.5. The summed E-state index contributed by atoms with van der Waals surface area (Å²) in [6, 6.07) is 0. The van der Waals surface area contributed by atoms with E-state index in [4.69, 9.17) is 14.9 Å². The maximum atomic E-state index is 9.29. The molecule has 0 amide bonds. The van der Waals surface area contributed by atoms with E-state index in [0.717, 1.165) is 45.3 Å². The maximum Gasteiger partial charge on any atom is 0.0770 e. The van der Waals surface area contributed by atoms with Crippen LogP contribution in [0.2, 0.25) is 0 Å². The Morgan fingerprint density at radius 1 is 0.810 bits per heavy atom. The van der Waals surface area contributed by atoms with Crippen LogP contribution in [-0.4, -0.2) is 84.1 Å². The van der Waals surface area contributed by atoms with Gasteiger partial charge in [0.1, 0.15) is 0 Å². The molecular formula is C15H33NO5. The number of nitrogens with zero attached hydrogens (tertiary/aromatic N) is 1. The van der Waals surface area contributed by atoms with E-state index in [-0.39, 0.29) is 13.2 Å². The van der Waals surface area contributed by atoms with Crippen LogP contribution in [0.15, 0.2) is 0 Å². The lowest BCUT2D eigenvalue weighted by atomic mass is 10.1. The number of hydrogen-bond donors (Lipinski definition) is 4. The molecule has 2 unspecified atom stereocenters. The average molecular weight is 307 g/mol. The summed E-state index contributed by atoms with van der Waals surface area (Å²) in [5.74, 6) is 0. The minimum absolute atomic E-state index is 0.166. The fraction of sp³-hybridized carbons (Fsp3) is 1.00. The summed E-state index contributed by atoms with van der Waals surface area (Å²) < 4.78 is 5.11. The predicted octanol–water partition coefficient (Wildman–Crippen LogP) is -0.0182. The fourth-order valence-corrected chi connectivity index (χ4v) is 2.17. The van der Waals surface area contributed by atoms with E-state index < -0.39 is 12.2 Å². The van der Waals surface area contributed by atoms with Crippen molar-refractivity contribution in [2.24, 2.45) is 0 Å². The topological polar surface area (TPSA) is 93.4 Å². The molecule has 0 aromatic heterocycles. The molecule has 0 rings (SSSR count). The van der Waals surface area contributed by atoms with Crippen molar-refractivity contribution in [2.45, 2.75) is 50.7 Å². The molecule has 0 aliphatic heterocycles. The summed E-state index contributed by atoms with van der Waals surface area (Å²) in [4.78, 5) is 2.32. The van der Waals surface area contributed by atoms with Crippen molar-refractivity contribution in [3.63, 3.8) is 0 Å². The third-order valence-electron chi connectivity index (χ3n) is 3.56. The van der Waals surface area contributed by atoms with Gasteiger partial charge in [-0.05, 0) is 51.6 Å². The molecule has 0 fully saturated rings. The van der Waals surface area contributed by atoms with Gasteiger partial charge in [-0.25, -0.2) is 0 Å². The summed E-state index contributed by atoms with van der Waals surface area (Å²) in [5.41, 5.74) is 0. The molecule has 0 saturated heterocycles. The summed E-state index contributed by atoms with van der Waals surface area (Å²) in [7, 11) is 1.69. The van der Waals surface area contributed by atoms with Gasteiger partial charge in [-0.1, -0.05) is 0 Å². The molecule has 2 atom stereocenters. The van der Waals surface area contributed by atoms with Gasteiger partial charge in [-0.15, -0.1) is 0 Å². The summed E-state index contributed by atoms with van der Waals surface area (Å²) in [6.45, 7) is 3.13. The van der Waals surface area contributed by atoms with Crippen molar-refractivity contribution in [3.8, 4) is 0 Å². The van der Waals surface area contributed by atoms with Crippen molar-refractivity contribution in [2.75, 3.05) is 46.6 Å². The van der Waals surface area contributed by atoms with Gasteiger partial charge in [0.25, 0.3) is 0 Å². The largest absolute Gasteiger partial charge is 0.394 e. The van der Waals surface area contributed by atoms with Gasteiger partial charge in [0.05, 0.1) is 32.0 Å². The smallest absolute Gasteiger partial charge is 0.0770 e. The lowest BCUT2D eigenvalue weighted by Gasteiger charge is -2.22. The first kappa shape index (κ1) is 20.8. The van der Waals surface area contributed by atoms with Crippen LogP contribution >= 0.6 is 0 Å². The molecule has 6 nitrogen and oxygen atoms in total. The first-order chi connectivity index (χ1) is 10.1. The van der Waals surface area contributed by atoms with Gasteiger partial charge < -0.3 is 30.1 Å². The normalized spacial score (nSPS) is 14.6. The Morgan fingerprint density at radius 3 is 1.67 bits per heavy atom. The van der Waals surface area contributed by atoms with E-state index in [1.54, 1.807) is 7.11 Å². The standard InChI is InChI=1S/C15H33NO5/c1-21-11-10-16(8-4-2-6-14(19)12-17)9-5-3-7-15(20)13-18/h14-15,17-20H,2-13H2,1H3. The highest BCUT2D eigenvalue weighted by molar-refractivity contribution is 4.61. The molecular weight excluding hydrogens is 274 g/mol. The molecule has 0 bridgehead atoms. The molecule has 0 spiro atoms. The summed E-state index contributed by atoms with van der Waals surface area (Å²) >= 11 is 0. The van der Waals surface area contributed by atoms with Crippen molar-refractivity contribution in [1.82, 2.24) is 4.90 Å². The highest BCUT2D eigenvalue weighted by atomic mass is 16.5. The van der Waals surface area contributed by atoms with E-state index in [0.29, 0.717) is 19.4 Å². The molecule has 6 heteroatoms. The van der Waals surface area contributed by atoms with Gasteiger partial charge in [0, 0.05) is 13.7 Å². The lowest BCUT2D eigenvalue weighted by Crippen LogP contribution is -2.30. The third kappa shape index (κ3) is 13.2. The van der Waals surface area contributed by atoms with Crippen LogP contribution in [-0.2, 0) is 4.74 Å². The van der Waals surface area contributed by atoms with Crippen LogP contribution in [0, 0.1) is 0 Å². The van der Waals surface area contributed by atoms with Crippen LogP contribution in [0.4, 0.5) is 0 Å². The Morgan fingerprint density at radius 2 is 1.29 bits per heavy atom. The zero-order valence-corrected chi connectivity index (χ0v) is 13.3.